The summed E-state index contributed by atoms with van der Waals surface area (Å²) in [5.74, 6) is 0.706. The molecule has 0 aliphatic carbocycles. The summed E-state index contributed by atoms with van der Waals surface area (Å²) in [4.78, 5) is 16.9. The molecular weight excluding hydrogens is 294 g/mol. The van der Waals surface area contributed by atoms with Gasteiger partial charge in [0.15, 0.2) is 0 Å². The van der Waals surface area contributed by atoms with E-state index in [9.17, 15) is 4.79 Å². The lowest BCUT2D eigenvalue weighted by molar-refractivity contribution is -0.0549. The van der Waals surface area contributed by atoms with Gasteiger partial charge < -0.3 is 24.6 Å². The van der Waals surface area contributed by atoms with Crippen LogP contribution in [0.4, 0.5) is 4.79 Å². The quantitative estimate of drug-likeness (QED) is 0.850. The normalized spacial score (nSPS) is 33.8. The first-order chi connectivity index (χ1) is 11.1. The van der Waals surface area contributed by atoms with Gasteiger partial charge in [0.05, 0.1) is 18.8 Å². The van der Waals surface area contributed by atoms with Crippen LogP contribution in [0.5, 0.6) is 0 Å². The number of nitrogens with zero attached hydrogens (tertiary/aromatic N) is 2. The Morgan fingerprint density at radius 1 is 1.13 bits per heavy atom. The van der Waals surface area contributed by atoms with Crippen molar-refractivity contribution in [3.05, 3.63) is 0 Å². The van der Waals surface area contributed by atoms with Gasteiger partial charge in [-0.3, -0.25) is 0 Å². The first kappa shape index (κ1) is 17.0. The molecule has 0 aromatic heterocycles. The van der Waals surface area contributed by atoms with Crippen LogP contribution in [-0.4, -0.2) is 80.0 Å². The van der Waals surface area contributed by atoms with Crippen molar-refractivity contribution < 1.29 is 14.3 Å². The number of carbonyl (C=O) groups is 1. The van der Waals surface area contributed by atoms with E-state index in [1.165, 1.54) is 6.42 Å². The number of nitrogens with one attached hydrogen (secondary N) is 1. The molecule has 3 rings (SSSR count). The number of hydrogen-bond acceptors (Lipinski definition) is 4. The van der Waals surface area contributed by atoms with Crippen LogP contribution in [0.25, 0.3) is 0 Å². The minimum atomic E-state index is 0.0784. The lowest BCUT2D eigenvalue weighted by Gasteiger charge is -2.38. The molecule has 132 valence electrons. The summed E-state index contributed by atoms with van der Waals surface area (Å²) >= 11 is 0. The molecule has 3 aliphatic heterocycles. The first-order valence-electron chi connectivity index (χ1n) is 9.11. The Bertz CT molecular complexity index is 383. The van der Waals surface area contributed by atoms with E-state index >= 15 is 0 Å². The highest BCUT2D eigenvalue weighted by molar-refractivity contribution is 5.74. The monoisotopic (exact) mass is 325 g/mol. The molecule has 3 saturated heterocycles. The Morgan fingerprint density at radius 2 is 1.83 bits per heavy atom. The van der Waals surface area contributed by atoms with E-state index in [0.29, 0.717) is 25.0 Å². The molecule has 1 N–H and O–H groups in total. The predicted octanol–water partition coefficient (Wildman–Crippen LogP) is 1.31. The van der Waals surface area contributed by atoms with Crippen molar-refractivity contribution in [3.8, 4) is 0 Å². The number of piperidine rings is 1. The minimum Gasteiger partial charge on any atom is -0.381 e. The summed E-state index contributed by atoms with van der Waals surface area (Å²) in [6, 6.07) is 0.390. The van der Waals surface area contributed by atoms with Gasteiger partial charge in [-0.2, -0.15) is 0 Å². The molecule has 0 aromatic carbocycles. The number of ether oxygens (including phenoxy) is 2. The van der Waals surface area contributed by atoms with Crippen LogP contribution in [0.2, 0.25) is 0 Å². The molecule has 3 heterocycles. The second-order valence-corrected chi connectivity index (χ2v) is 7.42. The maximum Gasteiger partial charge on any atom is 0.317 e. The third kappa shape index (κ3) is 4.81. The van der Waals surface area contributed by atoms with Gasteiger partial charge in [0.2, 0.25) is 0 Å². The zero-order chi connectivity index (χ0) is 16.2. The molecule has 0 radical (unpaired) electrons. The topological polar surface area (TPSA) is 54.0 Å². The van der Waals surface area contributed by atoms with Gasteiger partial charge in [0.25, 0.3) is 0 Å². The molecule has 6 nitrogen and oxygen atoms in total. The molecular formula is C17H31N3O3. The molecule has 3 aliphatic rings. The van der Waals surface area contributed by atoms with Crippen molar-refractivity contribution in [1.82, 2.24) is 15.1 Å². The van der Waals surface area contributed by atoms with Crippen molar-refractivity contribution >= 4 is 6.03 Å². The molecule has 0 bridgehead atoms. The number of rotatable bonds is 3. The van der Waals surface area contributed by atoms with E-state index in [1.807, 2.05) is 18.7 Å². The molecule has 0 saturated carbocycles. The van der Waals surface area contributed by atoms with Crippen molar-refractivity contribution in [2.45, 2.75) is 51.4 Å². The summed E-state index contributed by atoms with van der Waals surface area (Å²) < 4.78 is 11.2. The average Bonchev–Trinajstić information content (AvgIpc) is 3.01. The Kier molecular flexibility index (Phi) is 5.77. The Labute approximate surface area is 139 Å². The lowest BCUT2D eigenvalue weighted by Crippen LogP contribution is -2.55. The molecule has 3 fully saturated rings. The second-order valence-electron chi connectivity index (χ2n) is 7.42. The molecule has 1 unspecified atom stereocenters. The van der Waals surface area contributed by atoms with Crippen LogP contribution in [0.15, 0.2) is 0 Å². The number of morpholine rings is 1. The number of urea groups is 1. The molecule has 0 spiro atoms. The fourth-order valence-corrected chi connectivity index (χ4v) is 3.96. The smallest absolute Gasteiger partial charge is 0.317 e. The highest BCUT2D eigenvalue weighted by Gasteiger charge is 2.29. The van der Waals surface area contributed by atoms with Crippen LogP contribution in [-0.2, 0) is 9.47 Å². The maximum atomic E-state index is 12.4. The maximum absolute atomic E-state index is 12.4. The van der Waals surface area contributed by atoms with Crippen LogP contribution in [0.3, 0.4) is 0 Å². The van der Waals surface area contributed by atoms with Gasteiger partial charge in [0, 0.05) is 45.4 Å². The van der Waals surface area contributed by atoms with Crippen molar-refractivity contribution in [2.24, 2.45) is 5.92 Å². The molecule has 23 heavy (non-hydrogen) atoms. The number of amides is 2. The zero-order valence-corrected chi connectivity index (χ0v) is 14.5. The van der Waals surface area contributed by atoms with E-state index in [2.05, 4.69) is 10.2 Å². The third-order valence-electron chi connectivity index (χ3n) is 5.16. The van der Waals surface area contributed by atoms with E-state index < -0.39 is 0 Å². The molecule has 2 amide bonds. The summed E-state index contributed by atoms with van der Waals surface area (Å²) in [7, 11) is 0. The average molecular weight is 325 g/mol. The van der Waals surface area contributed by atoms with E-state index in [4.69, 9.17) is 9.47 Å². The summed E-state index contributed by atoms with van der Waals surface area (Å²) in [6.07, 6.45) is 3.55. The fourth-order valence-electron chi connectivity index (χ4n) is 3.96. The Balaban J connectivity index is 1.38. The van der Waals surface area contributed by atoms with Gasteiger partial charge in [-0.25, -0.2) is 4.79 Å². The fraction of sp³-hybridized carbons (Fsp3) is 0.941. The zero-order valence-electron chi connectivity index (χ0n) is 14.5. The van der Waals surface area contributed by atoms with Crippen LogP contribution >= 0.6 is 0 Å². The number of likely N-dealkylation sites (tertiary alicyclic amines) is 1. The van der Waals surface area contributed by atoms with E-state index in [-0.39, 0.29) is 18.2 Å². The number of hydrogen-bond donors (Lipinski definition) is 1. The summed E-state index contributed by atoms with van der Waals surface area (Å²) in [6.45, 7) is 10.6. The molecule has 6 heteroatoms. The highest BCUT2D eigenvalue weighted by atomic mass is 16.5. The highest BCUT2D eigenvalue weighted by Crippen LogP contribution is 2.18. The largest absolute Gasteiger partial charge is 0.381 e. The molecule has 0 aromatic rings. The SMILES string of the molecule is C[C@@H]1CN(C(=O)NC2CCN(CC3CCOC3)CC2)C[C@H](C)O1. The van der Waals surface area contributed by atoms with Gasteiger partial charge in [0.1, 0.15) is 0 Å². The van der Waals surface area contributed by atoms with Crippen molar-refractivity contribution in [2.75, 3.05) is 45.9 Å². The standard InChI is InChI=1S/C17H31N3O3/c1-13-9-20(10-14(2)23-13)17(21)18-16-3-6-19(7-4-16)11-15-5-8-22-12-15/h13-16H,3-12H2,1-2H3,(H,18,21)/t13-,14+,15?. The third-order valence-corrected chi connectivity index (χ3v) is 5.16. The van der Waals surface area contributed by atoms with E-state index in [1.54, 1.807) is 0 Å². The summed E-state index contributed by atoms with van der Waals surface area (Å²) in [5.41, 5.74) is 0. The predicted molar refractivity (Wildman–Crippen MR) is 88.5 cm³/mol. The summed E-state index contributed by atoms with van der Waals surface area (Å²) in [5, 5.41) is 3.22. The van der Waals surface area contributed by atoms with Gasteiger partial charge in [-0.1, -0.05) is 0 Å². The van der Waals surface area contributed by atoms with Crippen molar-refractivity contribution in [1.29, 1.82) is 0 Å². The minimum absolute atomic E-state index is 0.0784. The van der Waals surface area contributed by atoms with Gasteiger partial charge >= 0.3 is 6.03 Å². The van der Waals surface area contributed by atoms with Crippen LogP contribution in [0.1, 0.15) is 33.1 Å². The Hall–Kier alpha value is -0.850. The van der Waals surface area contributed by atoms with E-state index in [0.717, 1.165) is 45.7 Å². The van der Waals surface area contributed by atoms with Gasteiger partial charge in [-0.05, 0) is 39.0 Å². The van der Waals surface area contributed by atoms with Crippen LogP contribution in [0, 0.1) is 5.92 Å². The van der Waals surface area contributed by atoms with Crippen LogP contribution < -0.4 is 5.32 Å². The number of carbonyl (C=O) groups excluding carboxylic acids is 1. The second kappa shape index (κ2) is 7.81. The van der Waals surface area contributed by atoms with Gasteiger partial charge in [-0.15, -0.1) is 0 Å². The van der Waals surface area contributed by atoms with Crippen molar-refractivity contribution in [3.63, 3.8) is 0 Å². The Morgan fingerprint density at radius 3 is 2.43 bits per heavy atom. The lowest BCUT2D eigenvalue weighted by atomic mass is 10.0. The molecule has 3 atom stereocenters. The first-order valence-corrected chi connectivity index (χ1v) is 9.11.